The first-order valence-electron chi connectivity index (χ1n) is 7.66. The Bertz CT molecular complexity index is 425. The largest absolute Gasteiger partial charge is 0.469 e. The lowest BCUT2D eigenvalue weighted by Gasteiger charge is -2.36. The lowest BCUT2D eigenvalue weighted by atomic mass is 9.95. The van der Waals surface area contributed by atoms with Crippen LogP contribution in [-0.2, 0) is 19.0 Å². The molecule has 1 fully saturated rings. The van der Waals surface area contributed by atoms with Crippen molar-refractivity contribution in [2.75, 3.05) is 7.11 Å². The molecular weight excluding hydrogens is 286 g/mol. The van der Waals surface area contributed by atoms with Crippen molar-refractivity contribution < 1.29 is 23.8 Å². The van der Waals surface area contributed by atoms with Gasteiger partial charge in [-0.2, -0.15) is 0 Å². The maximum atomic E-state index is 12.6. The molecule has 0 aromatic heterocycles. The number of esters is 1. The monoisotopic (exact) mass is 315 g/mol. The minimum Gasteiger partial charge on any atom is -0.469 e. The van der Waals surface area contributed by atoms with Gasteiger partial charge in [-0.3, -0.25) is 9.69 Å². The van der Waals surface area contributed by atoms with Crippen LogP contribution in [0.15, 0.2) is 0 Å². The Labute approximate surface area is 133 Å². The molecule has 2 atom stereocenters. The summed E-state index contributed by atoms with van der Waals surface area (Å²) in [6.07, 6.45) is -0.722. The fourth-order valence-electron chi connectivity index (χ4n) is 2.81. The summed E-state index contributed by atoms with van der Waals surface area (Å²) in [7, 11) is 1.35. The van der Waals surface area contributed by atoms with Gasteiger partial charge in [0.1, 0.15) is 11.3 Å². The third-order valence-electron chi connectivity index (χ3n) is 3.57. The number of hydrogen-bond donors (Lipinski definition) is 0. The predicted molar refractivity (Wildman–Crippen MR) is 82.3 cm³/mol. The van der Waals surface area contributed by atoms with Crippen molar-refractivity contribution in [3.05, 3.63) is 0 Å². The van der Waals surface area contributed by atoms with Crippen molar-refractivity contribution in [2.45, 2.75) is 78.4 Å². The van der Waals surface area contributed by atoms with Crippen LogP contribution >= 0.6 is 0 Å². The van der Waals surface area contributed by atoms with Crippen LogP contribution < -0.4 is 0 Å². The summed E-state index contributed by atoms with van der Waals surface area (Å²) in [5, 5.41) is 0. The Kier molecular flexibility index (Phi) is 5.49. The lowest BCUT2D eigenvalue weighted by Crippen LogP contribution is -2.52. The van der Waals surface area contributed by atoms with E-state index in [0.717, 1.165) is 0 Å². The van der Waals surface area contributed by atoms with Crippen LogP contribution in [0.3, 0.4) is 0 Å². The first-order valence-corrected chi connectivity index (χ1v) is 7.66. The van der Waals surface area contributed by atoms with Crippen molar-refractivity contribution in [1.29, 1.82) is 0 Å². The molecule has 0 spiro atoms. The number of hydrogen-bond acceptors (Lipinski definition) is 5. The second-order valence-electron chi connectivity index (χ2n) is 7.47. The summed E-state index contributed by atoms with van der Waals surface area (Å²) in [6, 6.07) is -0.246. The average Bonchev–Trinajstić information content (AvgIpc) is 2.57. The molecule has 1 aliphatic heterocycles. The smallest absolute Gasteiger partial charge is 0.412 e. The van der Waals surface area contributed by atoms with E-state index in [0.29, 0.717) is 0 Å². The fourth-order valence-corrected chi connectivity index (χ4v) is 2.81. The number of nitrogens with zero attached hydrogens (tertiary/aromatic N) is 1. The second kappa shape index (κ2) is 6.44. The first kappa shape index (κ1) is 18.7. The Morgan fingerprint density at radius 3 is 2.23 bits per heavy atom. The highest BCUT2D eigenvalue weighted by Crippen LogP contribution is 2.38. The average molecular weight is 315 g/mol. The maximum Gasteiger partial charge on any atom is 0.412 e. The van der Waals surface area contributed by atoms with Gasteiger partial charge in [-0.1, -0.05) is 13.8 Å². The van der Waals surface area contributed by atoms with E-state index in [1.807, 2.05) is 48.5 Å². The topological polar surface area (TPSA) is 65.1 Å². The SMILES string of the molecule is COC(=O)CC1OC(C)(C)N(C(=O)OC(C)(C)C)C1C(C)C. The van der Waals surface area contributed by atoms with Gasteiger partial charge in [0, 0.05) is 0 Å². The van der Waals surface area contributed by atoms with Crippen LogP contribution in [0.4, 0.5) is 4.79 Å². The van der Waals surface area contributed by atoms with E-state index >= 15 is 0 Å². The molecule has 22 heavy (non-hydrogen) atoms. The number of carbonyl (C=O) groups is 2. The molecule has 0 aliphatic carbocycles. The van der Waals surface area contributed by atoms with Gasteiger partial charge in [0.25, 0.3) is 0 Å². The summed E-state index contributed by atoms with van der Waals surface area (Å²) in [5.74, 6) is -0.235. The minimum absolute atomic E-state index is 0.113. The lowest BCUT2D eigenvalue weighted by molar-refractivity contribution is -0.145. The van der Waals surface area contributed by atoms with Crippen LogP contribution in [0, 0.1) is 5.92 Å². The number of carbonyl (C=O) groups excluding carboxylic acids is 2. The van der Waals surface area contributed by atoms with Crippen molar-refractivity contribution >= 4 is 12.1 Å². The van der Waals surface area contributed by atoms with E-state index in [1.54, 1.807) is 4.90 Å². The zero-order chi connectivity index (χ0) is 17.3. The summed E-state index contributed by atoms with van der Waals surface area (Å²) in [6.45, 7) is 13.1. The molecule has 128 valence electrons. The summed E-state index contributed by atoms with van der Waals surface area (Å²) < 4.78 is 16.2. The third-order valence-corrected chi connectivity index (χ3v) is 3.57. The van der Waals surface area contributed by atoms with E-state index in [9.17, 15) is 9.59 Å². The Balaban J connectivity index is 3.06. The normalized spacial score (nSPS) is 24.5. The quantitative estimate of drug-likeness (QED) is 0.749. The predicted octanol–water partition coefficient (Wildman–Crippen LogP) is 2.95. The number of methoxy groups -OCH3 is 1. The highest BCUT2D eigenvalue weighted by molar-refractivity contribution is 5.72. The molecule has 1 saturated heterocycles. The zero-order valence-electron chi connectivity index (χ0n) is 14.9. The third kappa shape index (κ3) is 4.35. The molecule has 6 nitrogen and oxygen atoms in total. The molecule has 0 radical (unpaired) electrons. The van der Waals surface area contributed by atoms with Gasteiger partial charge in [0.2, 0.25) is 0 Å². The van der Waals surface area contributed by atoms with Gasteiger partial charge in [-0.15, -0.1) is 0 Å². The van der Waals surface area contributed by atoms with Gasteiger partial charge < -0.3 is 14.2 Å². The zero-order valence-corrected chi connectivity index (χ0v) is 14.9. The molecule has 2 unspecified atom stereocenters. The summed E-state index contributed by atoms with van der Waals surface area (Å²) >= 11 is 0. The fraction of sp³-hybridized carbons (Fsp3) is 0.875. The summed E-state index contributed by atoms with van der Waals surface area (Å²) in [5.41, 5.74) is -1.43. The van der Waals surface area contributed by atoms with Crippen LogP contribution in [-0.4, -0.2) is 47.5 Å². The van der Waals surface area contributed by atoms with Crippen LogP contribution in [0.25, 0.3) is 0 Å². The number of amides is 1. The molecule has 1 amide bonds. The Morgan fingerprint density at radius 2 is 1.82 bits per heavy atom. The molecule has 0 aromatic carbocycles. The molecular formula is C16H29NO5. The molecule has 6 heteroatoms. The van der Waals surface area contributed by atoms with Gasteiger partial charge in [0.15, 0.2) is 0 Å². The highest BCUT2D eigenvalue weighted by atomic mass is 16.6. The van der Waals surface area contributed by atoms with Crippen LogP contribution in [0.1, 0.15) is 54.9 Å². The molecule has 1 rings (SSSR count). The molecule has 0 saturated carbocycles. The van der Waals surface area contributed by atoms with Crippen molar-refractivity contribution in [3.63, 3.8) is 0 Å². The van der Waals surface area contributed by atoms with Crippen LogP contribution in [0.5, 0.6) is 0 Å². The van der Waals surface area contributed by atoms with E-state index in [2.05, 4.69) is 0 Å². The van der Waals surface area contributed by atoms with E-state index in [-0.39, 0.29) is 24.3 Å². The van der Waals surface area contributed by atoms with Gasteiger partial charge >= 0.3 is 12.1 Å². The Morgan fingerprint density at radius 1 is 1.27 bits per heavy atom. The molecule has 0 N–H and O–H groups in total. The van der Waals surface area contributed by atoms with E-state index in [4.69, 9.17) is 14.2 Å². The van der Waals surface area contributed by atoms with Gasteiger partial charge in [-0.25, -0.2) is 4.79 Å². The van der Waals surface area contributed by atoms with E-state index in [1.165, 1.54) is 7.11 Å². The van der Waals surface area contributed by atoms with Crippen molar-refractivity contribution in [2.24, 2.45) is 5.92 Å². The Hall–Kier alpha value is -1.30. The van der Waals surface area contributed by atoms with Crippen molar-refractivity contribution in [1.82, 2.24) is 4.90 Å². The standard InChI is InChI=1S/C16H29NO5/c1-10(2)13-11(9-12(18)20-8)21-16(6,7)17(13)14(19)22-15(3,4)5/h10-11,13H,9H2,1-8H3. The van der Waals surface area contributed by atoms with Gasteiger partial charge in [0.05, 0.1) is 25.7 Å². The molecule has 1 aliphatic rings. The highest BCUT2D eigenvalue weighted by Gasteiger charge is 2.52. The maximum absolute atomic E-state index is 12.6. The van der Waals surface area contributed by atoms with Crippen molar-refractivity contribution in [3.8, 4) is 0 Å². The number of ether oxygens (including phenoxy) is 3. The van der Waals surface area contributed by atoms with Crippen LogP contribution in [0.2, 0.25) is 0 Å². The minimum atomic E-state index is -0.837. The second-order valence-corrected chi connectivity index (χ2v) is 7.47. The van der Waals surface area contributed by atoms with E-state index < -0.39 is 23.5 Å². The summed E-state index contributed by atoms with van der Waals surface area (Å²) in [4.78, 5) is 25.8. The molecule has 0 aromatic rings. The number of rotatable bonds is 3. The molecule has 1 heterocycles. The molecule has 0 bridgehead atoms. The first-order chi connectivity index (χ1) is 9.89. The van der Waals surface area contributed by atoms with Gasteiger partial charge in [-0.05, 0) is 40.5 Å².